The number of methoxy groups -OCH3 is 1. The predicted octanol–water partition coefficient (Wildman–Crippen LogP) is 3.97. The second-order valence-corrected chi connectivity index (χ2v) is 6.51. The van der Waals surface area contributed by atoms with Crippen LogP contribution >= 0.6 is 24.0 Å². The van der Waals surface area contributed by atoms with Gasteiger partial charge in [-0.25, -0.2) is 4.99 Å². The Labute approximate surface area is 178 Å². The number of aliphatic imine (C=N–C) groups is 1. The van der Waals surface area contributed by atoms with Gasteiger partial charge in [0.2, 0.25) is 0 Å². The third-order valence-electron chi connectivity index (χ3n) is 4.78. The summed E-state index contributed by atoms with van der Waals surface area (Å²) in [6, 6.07) is 15.9. The molecule has 1 fully saturated rings. The van der Waals surface area contributed by atoms with Crippen LogP contribution in [0.4, 0.5) is 0 Å². The second-order valence-electron chi connectivity index (χ2n) is 6.51. The number of hydrogen-bond acceptors (Lipinski definition) is 3. The van der Waals surface area contributed by atoms with Crippen LogP contribution < -0.4 is 10.1 Å². The van der Waals surface area contributed by atoms with Gasteiger partial charge < -0.3 is 20.1 Å². The Morgan fingerprint density at radius 2 is 2.04 bits per heavy atom. The lowest BCUT2D eigenvalue weighted by Gasteiger charge is -2.22. The number of phenols is 1. The van der Waals surface area contributed by atoms with Gasteiger partial charge in [0.05, 0.1) is 13.7 Å². The third kappa shape index (κ3) is 5.51. The molecule has 0 aliphatic carbocycles. The summed E-state index contributed by atoms with van der Waals surface area (Å²) in [5.74, 6) is 2.40. The molecule has 1 aliphatic rings. The van der Waals surface area contributed by atoms with Crippen molar-refractivity contribution in [3.63, 3.8) is 0 Å². The maximum absolute atomic E-state index is 10.1. The number of phenolic OH excluding ortho intramolecular Hbond substituents is 1. The normalized spacial score (nSPS) is 16.7. The molecule has 0 radical (unpaired) electrons. The summed E-state index contributed by atoms with van der Waals surface area (Å²) in [7, 11) is 1.62. The number of nitrogens with one attached hydrogen (secondary N) is 1. The zero-order chi connectivity index (χ0) is 18.4. The van der Waals surface area contributed by atoms with E-state index in [1.54, 1.807) is 19.2 Å². The summed E-state index contributed by atoms with van der Waals surface area (Å²) in [6.45, 7) is 5.24. The number of guanidine groups is 1. The number of rotatable bonds is 5. The van der Waals surface area contributed by atoms with Crippen LogP contribution in [0.1, 0.15) is 30.4 Å². The number of nitrogens with zero attached hydrogens (tertiary/aromatic N) is 2. The Balaban J connectivity index is 0.00000261. The Kier molecular flexibility index (Phi) is 8.22. The van der Waals surface area contributed by atoms with E-state index in [-0.39, 0.29) is 29.7 Å². The highest BCUT2D eigenvalue weighted by molar-refractivity contribution is 14.0. The van der Waals surface area contributed by atoms with E-state index >= 15 is 0 Å². The zero-order valence-electron chi connectivity index (χ0n) is 15.9. The zero-order valence-corrected chi connectivity index (χ0v) is 18.2. The van der Waals surface area contributed by atoms with Crippen molar-refractivity contribution in [2.75, 3.05) is 26.7 Å². The third-order valence-corrected chi connectivity index (χ3v) is 4.78. The molecular weight excluding hydrogens is 453 g/mol. The highest BCUT2D eigenvalue weighted by atomic mass is 127. The molecule has 0 saturated carbocycles. The largest absolute Gasteiger partial charge is 0.508 e. The van der Waals surface area contributed by atoms with Crippen LogP contribution in [-0.2, 0) is 6.54 Å². The maximum Gasteiger partial charge on any atom is 0.194 e. The first kappa shape index (κ1) is 21.3. The fraction of sp³-hybridized carbons (Fsp3) is 0.381. The maximum atomic E-state index is 10.1. The topological polar surface area (TPSA) is 57.1 Å². The van der Waals surface area contributed by atoms with Crippen LogP contribution in [-0.4, -0.2) is 42.7 Å². The van der Waals surface area contributed by atoms with Gasteiger partial charge in [-0.15, -0.1) is 24.0 Å². The minimum atomic E-state index is 0. The van der Waals surface area contributed by atoms with Gasteiger partial charge in [0.25, 0.3) is 0 Å². The molecule has 0 bridgehead atoms. The minimum Gasteiger partial charge on any atom is -0.508 e. The number of benzene rings is 2. The molecule has 3 rings (SSSR count). The molecule has 1 atom stereocenters. The molecule has 0 amide bonds. The summed E-state index contributed by atoms with van der Waals surface area (Å²) in [5.41, 5.74) is 2.15. The molecule has 6 heteroatoms. The monoisotopic (exact) mass is 481 g/mol. The minimum absolute atomic E-state index is 0. The molecule has 2 aromatic rings. The van der Waals surface area contributed by atoms with Crippen molar-refractivity contribution >= 4 is 29.9 Å². The first-order valence-corrected chi connectivity index (χ1v) is 9.15. The molecule has 1 heterocycles. The summed E-state index contributed by atoms with van der Waals surface area (Å²) in [6.07, 6.45) is 1.12. The highest BCUT2D eigenvalue weighted by Gasteiger charge is 2.25. The Morgan fingerprint density at radius 1 is 1.26 bits per heavy atom. The van der Waals surface area contributed by atoms with E-state index in [1.165, 1.54) is 5.56 Å². The lowest BCUT2D eigenvalue weighted by molar-refractivity contribution is 0.410. The van der Waals surface area contributed by atoms with E-state index in [9.17, 15) is 5.11 Å². The Hall–Kier alpha value is -1.96. The molecule has 27 heavy (non-hydrogen) atoms. The van der Waals surface area contributed by atoms with E-state index in [1.807, 2.05) is 6.07 Å². The summed E-state index contributed by atoms with van der Waals surface area (Å²) >= 11 is 0. The molecular formula is C21H28IN3O2. The van der Waals surface area contributed by atoms with E-state index < -0.39 is 0 Å². The second kappa shape index (κ2) is 10.4. The first-order chi connectivity index (χ1) is 12.7. The molecule has 146 valence electrons. The lowest BCUT2D eigenvalue weighted by Crippen LogP contribution is -2.40. The van der Waals surface area contributed by atoms with Crippen molar-refractivity contribution in [3.05, 3.63) is 59.7 Å². The van der Waals surface area contributed by atoms with Crippen LogP contribution in [0.15, 0.2) is 53.5 Å². The molecule has 0 aromatic heterocycles. The van der Waals surface area contributed by atoms with E-state index in [4.69, 9.17) is 9.73 Å². The Bertz CT molecular complexity index is 752. The lowest BCUT2D eigenvalue weighted by atomic mass is 9.99. The van der Waals surface area contributed by atoms with Crippen molar-refractivity contribution in [2.45, 2.75) is 25.8 Å². The fourth-order valence-electron chi connectivity index (χ4n) is 3.35. The number of ether oxygens (including phenoxy) is 1. The van der Waals surface area contributed by atoms with Gasteiger partial charge in [-0.05, 0) is 37.1 Å². The molecule has 1 saturated heterocycles. The number of halogens is 1. The van der Waals surface area contributed by atoms with Gasteiger partial charge >= 0.3 is 0 Å². The number of aromatic hydroxyl groups is 1. The van der Waals surface area contributed by atoms with Crippen LogP contribution in [0, 0.1) is 0 Å². The fourth-order valence-corrected chi connectivity index (χ4v) is 3.35. The van der Waals surface area contributed by atoms with Crippen LogP contribution in [0.5, 0.6) is 11.5 Å². The van der Waals surface area contributed by atoms with Gasteiger partial charge in [0.15, 0.2) is 5.96 Å². The standard InChI is InChI=1S/C21H27N3O2.HI/c1-3-22-21(23-14-18-13-19(26-2)9-10-20(18)25)24-12-11-17(15-24)16-7-5-4-6-8-16;/h4-10,13,17,25H,3,11-12,14-15H2,1-2H3,(H,22,23);1H. The van der Waals surface area contributed by atoms with Crippen molar-refractivity contribution in [1.29, 1.82) is 0 Å². The Morgan fingerprint density at radius 3 is 2.74 bits per heavy atom. The first-order valence-electron chi connectivity index (χ1n) is 9.15. The van der Waals surface area contributed by atoms with Crippen LogP contribution in [0.2, 0.25) is 0 Å². The van der Waals surface area contributed by atoms with Crippen molar-refractivity contribution < 1.29 is 9.84 Å². The van der Waals surface area contributed by atoms with E-state index in [2.05, 4.69) is 47.5 Å². The molecule has 5 nitrogen and oxygen atoms in total. The van der Waals surface area contributed by atoms with Gasteiger partial charge in [0.1, 0.15) is 11.5 Å². The SMILES string of the molecule is CCNC(=NCc1cc(OC)ccc1O)N1CCC(c2ccccc2)C1.I. The summed E-state index contributed by atoms with van der Waals surface area (Å²) in [4.78, 5) is 7.05. The average molecular weight is 481 g/mol. The quantitative estimate of drug-likeness (QED) is 0.386. The molecule has 0 spiro atoms. The van der Waals surface area contributed by atoms with Crippen molar-refractivity contribution in [2.24, 2.45) is 4.99 Å². The number of hydrogen-bond donors (Lipinski definition) is 2. The van der Waals surface area contributed by atoms with Gasteiger partial charge in [-0.2, -0.15) is 0 Å². The van der Waals surface area contributed by atoms with E-state index in [0.717, 1.165) is 43.3 Å². The van der Waals surface area contributed by atoms with E-state index in [0.29, 0.717) is 12.5 Å². The average Bonchev–Trinajstić information content (AvgIpc) is 3.17. The van der Waals surface area contributed by atoms with Crippen molar-refractivity contribution in [1.82, 2.24) is 10.2 Å². The summed E-state index contributed by atoms with van der Waals surface area (Å²) in [5, 5.41) is 13.4. The van der Waals surface area contributed by atoms with Gasteiger partial charge in [-0.3, -0.25) is 0 Å². The predicted molar refractivity (Wildman–Crippen MR) is 120 cm³/mol. The molecule has 1 aliphatic heterocycles. The van der Waals surface area contributed by atoms with Crippen LogP contribution in [0.25, 0.3) is 0 Å². The highest BCUT2D eigenvalue weighted by Crippen LogP contribution is 2.27. The smallest absolute Gasteiger partial charge is 0.194 e. The molecule has 1 unspecified atom stereocenters. The number of likely N-dealkylation sites (tertiary alicyclic amines) is 1. The van der Waals surface area contributed by atoms with Gasteiger partial charge in [0, 0.05) is 31.1 Å². The van der Waals surface area contributed by atoms with Crippen LogP contribution in [0.3, 0.4) is 0 Å². The van der Waals surface area contributed by atoms with Gasteiger partial charge in [-0.1, -0.05) is 30.3 Å². The summed E-state index contributed by atoms with van der Waals surface area (Å²) < 4.78 is 5.24. The molecule has 2 N–H and O–H groups in total. The van der Waals surface area contributed by atoms with Crippen molar-refractivity contribution in [3.8, 4) is 11.5 Å². The molecule has 2 aromatic carbocycles.